The van der Waals surface area contributed by atoms with Crippen LogP contribution in [0.25, 0.3) is 0 Å². The third-order valence-electron chi connectivity index (χ3n) is 2.29. The summed E-state index contributed by atoms with van der Waals surface area (Å²) < 4.78 is 24.8. The Balaban J connectivity index is 2.75. The normalized spacial score (nSPS) is 11.9. The Morgan fingerprint density at radius 3 is 2.62 bits per heavy atom. The highest BCUT2D eigenvalue weighted by Crippen LogP contribution is 2.11. The summed E-state index contributed by atoms with van der Waals surface area (Å²) in [6, 6.07) is 7.27. The minimum absolute atomic E-state index is 0.186. The van der Waals surface area contributed by atoms with Crippen LogP contribution in [0.15, 0.2) is 24.3 Å². The van der Waals surface area contributed by atoms with Crippen LogP contribution in [0.5, 0.6) is 0 Å². The summed E-state index contributed by atoms with van der Waals surface area (Å²) in [6.45, 7) is 2.22. The number of rotatable bonds is 5. The number of nitrogens with two attached hydrogens (primary N) is 1. The number of nitrogens with zero attached hydrogens (tertiary/aromatic N) is 1. The van der Waals surface area contributed by atoms with Gasteiger partial charge >= 0.3 is 0 Å². The van der Waals surface area contributed by atoms with Gasteiger partial charge in [-0.2, -0.15) is 0 Å². The maximum atomic E-state index is 11.7. The van der Waals surface area contributed by atoms with Gasteiger partial charge in [0, 0.05) is 19.3 Å². The predicted molar refractivity (Wildman–Crippen MR) is 66.4 cm³/mol. The highest BCUT2D eigenvalue weighted by atomic mass is 32.2. The predicted octanol–water partition coefficient (Wildman–Crippen LogP) is 1.44. The van der Waals surface area contributed by atoms with Gasteiger partial charge in [0.05, 0.1) is 5.75 Å². The van der Waals surface area contributed by atoms with Crippen molar-refractivity contribution in [1.29, 1.82) is 0 Å². The fourth-order valence-electron chi connectivity index (χ4n) is 1.46. The molecule has 0 aliphatic heterocycles. The molecule has 0 atom stereocenters. The lowest BCUT2D eigenvalue weighted by Gasteiger charge is -2.16. The second kappa shape index (κ2) is 5.32. The molecule has 1 aromatic rings. The van der Waals surface area contributed by atoms with Crippen LogP contribution >= 0.6 is 0 Å². The van der Waals surface area contributed by atoms with E-state index in [0.717, 1.165) is 5.56 Å². The molecule has 0 aliphatic carbocycles. The van der Waals surface area contributed by atoms with Crippen molar-refractivity contribution in [2.45, 2.75) is 19.9 Å². The second-order valence-electron chi connectivity index (χ2n) is 3.82. The molecule has 0 aromatic heterocycles. The highest BCUT2D eigenvalue weighted by molar-refractivity contribution is 7.89. The first-order chi connectivity index (χ1) is 7.45. The number of hydrogen-bond acceptors (Lipinski definition) is 3. The van der Waals surface area contributed by atoms with Crippen molar-refractivity contribution in [1.82, 2.24) is 4.31 Å². The Kier molecular flexibility index (Phi) is 4.32. The third-order valence-corrected chi connectivity index (χ3v) is 4.30. The van der Waals surface area contributed by atoms with Crippen LogP contribution in [0, 0.1) is 0 Å². The van der Waals surface area contributed by atoms with E-state index >= 15 is 0 Å². The number of sulfonamides is 1. The number of hydrogen-bond donors (Lipinski definition) is 1. The molecule has 0 bridgehead atoms. The molecule has 0 saturated carbocycles. The summed E-state index contributed by atoms with van der Waals surface area (Å²) in [5.41, 5.74) is 7.19. The fraction of sp³-hybridized carbons (Fsp3) is 0.455. The van der Waals surface area contributed by atoms with Crippen LogP contribution in [0.2, 0.25) is 0 Å². The van der Waals surface area contributed by atoms with Gasteiger partial charge in [0.25, 0.3) is 0 Å². The van der Waals surface area contributed by atoms with E-state index < -0.39 is 10.0 Å². The molecule has 16 heavy (non-hydrogen) atoms. The van der Waals surface area contributed by atoms with Gasteiger partial charge in [0.15, 0.2) is 0 Å². The molecular weight excluding hydrogens is 224 g/mol. The smallest absolute Gasteiger partial charge is 0.214 e. The van der Waals surface area contributed by atoms with Crippen LogP contribution in [-0.2, 0) is 16.6 Å². The molecule has 0 heterocycles. The molecule has 0 unspecified atom stereocenters. The lowest BCUT2D eigenvalue weighted by Crippen LogP contribution is -2.28. The zero-order valence-corrected chi connectivity index (χ0v) is 10.5. The molecule has 0 saturated heterocycles. The lowest BCUT2D eigenvalue weighted by atomic mass is 10.2. The number of nitrogen functional groups attached to an aromatic ring is 1. The van der Waals surface area contributed by atoms with Crippen LogP contribution in [0.4, 0.5) is 5.69 Å². The Hall–Kier alpha value is -1.07. The Morgan fingerprint density at radius 2 is 2.06 bits per heavy atom. The average molecular weight is 242 g/mol. The van der Waals surface area contributed by atoms with Crippen molar-refractivity contribution < 1.29 is 8.42 Å². The summed E-state index contributed by atoms with van der Waals surface area (Å²) in [4.78, 5) is 0. The maximum Gasteiger partial charge on any atom is 0.214 e. The molecule has 0 fully saturated rings. The highest BCUT2D eigenvalue weighted by Gasteiger charge is 2.16. The van der Waals surface area contributed by atoms with Crippen molar-refractivity contribution >= 4 is 15.7 Å². The van der Waals surface area contributed by atoms with E-state index in [9.17, 15) is 8.42 Å². The van der Waals surface area contributed by atoms with E-state index in [1.165, 1.54) is 4.31 Å². The van der Waals surface area contributed by atoms with Crippen LogP contribution in [0.1, 0.15) is 18.9 Å². The summed E-state index contributed by atoms with van der Waals surface area (Å²) in [5, 5.41) is 0. The van der Waals surface area contributed by atoms with E-state index in [-0.39, 0.29) is 5.75 Å². The quantitative estimate of drug-likeness (QED) is 0.795. The molecule has 2 N–H and O–H groups in total. The Labute approximate surface area is 97.1 Å². The molecule has 0 radical (unpaired) electrons. The van der Waals surface area contributed by atoms with Crippen LogP contribution in [-0.4, -0.2) is 25.5 Å². The van der Waals surface area contributed by atoms with Gasteiger partial charge < -0.3 is 5.73 Å². The summed E-state index contributed by atoms with van der Waals surface area (Å²) >= 11 is 0. The van der Waals surface area contributed by atoms with Crippen LogP contribution in [0.3, 0.4) is 0 Å². The minimum atomic E-state index is -3.13. The standard InChI is InChI=1S/C11H18N2O2S/c1-3-7-16(14,15)13(2)9-10-5-4-6-11(12)8-10/h4-6,8H,3,7,9,12H2,1-2H3. The van der Waals surface area contributed by atoms with E-state index in [2.05, 4.69) is 0 Å². The number of benzene rings is 1. The summed E-state index contributed by atoms with van der Waals surface area (Å²) in [5.74, 6) is 0.186. The van der Waals surface area contributed by atoms with Gasteiger partial charge in [-0.3, -0.25) is 0 Å². The molecular formula is C11H18N2O2S. The minimum Gasteiger partial charge on any atom is -0.399 e. The van der Waals surface area contributed by atoms with Crippen molar-refractivity contribution in [3.05, 3.63) is 29.8 Å². The van der Waals surface area contributed by atoms with Crippen molar-refractivity contribution in [2.75, 3.05) is 18.5 Å². The molecule has 90 valence electrons. The molecule has 5 heteroatoms. The molecule has 1 rings (SSSR count). The van der Waals surface area contributed by atoms with E-state index in [1.54, 1.807) is 19.2 Å². The second-order valence-corrected chi connectivity index (χ2v) is 6.01. The monoisotopic (exact) mass is 242 g/mol. The van der Waals surface area contributed by atoms with E-state index in [4.69, 9.17) is 5.73 Å². The first-order valence-electron chi connectivity index (χ1n) is 5.24. The topological polar surface area (TPSA) is 63.4 Å². The molecule has 1 aromatic carbocycles. The fourth-order valence-corrected chi connectivity index (χ4v) is 2.63. The van der Waals surface area contributed by atoms with Gasteiger partial charge in [-0.1, -0.05) is 19.1 Å². The van der Waals surface area contributed by atoms with Crippen molar-refractivity contribution in [3.8, 4) is 0 Å². The first-order valence-corrected chi connectivity index (χ1v) is 6.85. The largest absolute Gasteiger partial charge is 0.399 e. The summed E-state index contributed by atoms with van der Waals surface area (Å²) in [7, 11) is -1.54. The van der Waals surface area contributed by atoms with Gasteiger partial charge in [-0.15, -0.1) is 0 Å². The third kappa shape index (κ3) is 3.50. The maximum absolute atomic E-state index is 11.7. The van der Waals surface area contributed by atoms with Gasteiger partial charge in [0.1, 0.15) is 0 Å². The van der Waals surface area contributed by atoms with Crippen LogP contribution < -0.4 is 5.73 Å². The Bertz CT molecular complexity index is 443. The van der Waals surface area contributed by atoms with Gasteiger partial charge in [0.2, 0.25) is 10.0 Å². The first kappa shape index (κ1) is 13.0. The zero-order chi connectivity index (χ0) is 12.2. The lowest BCUT2D eigenvalue weighted by molar-refractivity contribution is 0.466. The van der Waals surface area contributed by atoms with Gasteiger partial charge in [-0.25, -0.2) is 12.7 Å². The molecule has 0 spiro atoms. The Morgan fingerprint density at radius 1 is 1.38 bits per heavy atom. The molecule has 4 nitrogen and oxygen atoms in total. The molecule has 0 aliphatic rings. The van der Waals surface area contributed by atoms with Gasteiger partial charge in [-0.05, 0) is 24.1 Å². The van der Waals surface area contributed by atoms with Crippen molar-refractivity contribution in [2.24, 2.45) is 0 Å². The molecule has 0 amide bonds. The number of anilines is 1. The SMILES string of the molecule is CCCS(=O)(=O)N(C)Cc1cccc(N)c1. The zero-order valence-electron chi connectivity index (χ0n) is 9.68. The summed E-state index contributed by atoms with van der Waals surface area (Å²) in [6.07, 6.45) is 0.629. The van der Waals surface area contributed by atoms with E-state index in [1.807, 2.05) is 19.1 Å². The van der Waals surface area contributed by atoms with Crippen molar-refractivity contribution in [3.63, 3.8) is 0 Å². The van der Waals surface area contributed by atoms with E-state index in [0.29, 0.717) is 18.7 Å². The average Bonchev–Trinajstić information content (AvgIpc) is 2.17.